The molecule has 2 aliphatic carbocycles. The highest BCUT2D eigenvalue weighted by Crippen LogP contribution is 2.40. The Morgan fingerprint density at radius 3 is 1.30 bits per heavy atom. The molecule has 20 heavy (non-hydrogen) atoms. The lowest BCUT2D eigenvalue weighted by Gasteiger charge is -2.09. The Bertz CT molecular complexity index is 539. The van der Waals surface area contributed by atoms with E-state index in [2.05, 4.69) is 48.5 Å². The summed E-state index contributed by atoms with van der Waals surface area (Å²) in [5.41, 5.74) is 4.83. The fraction of sp³-hybridized carbons (Fsp3) is 0.333. The van der Waals surface area contributed by atoms with E-state index in [0.717, 1.165) is 22.8 Å². The van der Waals surface area contributed by atoms with Crippen molar-refractivity contribution < 1.29 is 5.02 Å². The van der Waals surface area contributed by atoms with Gasteiger partial charge in [-0.1, -0.05) is 48.5 Å². The van der Waals surface area contributed by atoms with Gasteiger partial charge in [0.2, 0.25) is 0 Å². The summed E-state index contributed by atoms with van der Waals surface area (Å²) in [7, 11) is 0. The molecule has 2 aliphatic rings. The van der Waals surface area contributed by atoms with Gasteiger partial charge in [-0.15, -0.1) is 0 Å². The average Bonchev–Trinajstić information content (AvgIpc) is 3.40. The third-order valence-corrected chi connectivity index (χ3v) is 4.60. The first-order valence-electron chi connectivity index (χ1n) is 7.69. The van der Waals surface area contributed by atoms with E-state index in [1.54, 1.807) is 0 Å². The van der Waals surface area contributed by atoms with Crippen LogP contribution >= 0.6 is 0 Å². The second-order valence-electron chi connectivity index (χ2n) is 6.28. The molecule has 1 nitrogen and oxygen atoms in total. The molecule has 0 heterocycles. The molecule has 2 aromatic carbocycles. The van der Waals surface area contributed by atoms with Crippen LogP contribution < -0.4 is 10.9 Å². The predicted molar refractivity (Wildman–Crippen MR) is 84.1 cm³/mol. The molecule has 0 aromatic heterocycles. The SMILES string of the molecule is OB(c1ccc(C2CC2)cc1)c1ccc(C2CC2)cc1. The van der Waals surface area contributed by atoms with E-state index in [1.807, 2.05) is 0 Å². The van der Waals surface area contributed by atoms with Crippen LogP contribution in [-0.2, 0) is 0 Å². The number of hydrogen-bond donors (Lipinski definition) is 1. The zero-order valence-electron chi connectivity index (χ0n) is 11.6. The zero-order chi connectivity index (χ0) is 13.5. The Balaban J connectivity index is 1.53. The molecule has 0 aliphatic heterocycles. The molecule has 4 rings (SSSR count). The van der Waals surface area contributed by atoms with Crippen LogP contribution in [0.5, 0.6) is 0 Å². The number of hydrogen-bond acceptors (Lipinski definition) is 1. The van der Waals surface area contributed by atoms with Crippen molar-refractivity contribution in [1.29, 1.82) is 0 Å². The van der Waals surface area contributed by atoms with Gasteiger partial charge in [0.25, 0.3) is 0 Å². The molecule has 0 radical (unpaired) electrons. The second-order valence-corrected chi connectivity index (χ2v) is 6.28. The molecule has 0 saturated heterocycles. The van der Waals surface area contributed by atoms with Crippen LogP contribution in [0, 0.1) is 0 Å². The van der Waals surface area contributed by atoms with Crippen molar-refractivity contribution in [3.63, 3.8) is 0 Å². The lowest BCUT2D eigenvalue weighted by molar-refractivity contribution is 0.600. The minimum Gasteiger partial charge on any atom is -0.443 e. The largest absolute Gasteiger partial charge is 0.443 e. The molecule has 2 heteroatoms. The molecular formula is C18H19BO. The lowest BCUT2D eigenvalue weighted by Crippen LogP contribution is -2.42. The topological polar surface area (TPSA) is 20.2 Å². The maximum atomic E-state index is 10.5. The highest BCUT2D eigenvalue weighted by Gasteiger charge is 2.25. The maximum absolute atomic E-state index is 10.5. The van der Waals surface area contributed by atoms with Gasteiger partial charge in [-0.2, -0.15) is 0 Å². The van der Waals surface area contributed by atoms with E-state index >= 15 is 0 Å². The Hall–Kier alpha value is -1.54. The van der Waals surface area contributed by atoms with Gasteiger partial charge in [-0.25, -0.2) is 0 Å². The summed E-state index contributed by atoms with van der Waals surface area (Å²) in [5.74, 6) is 1.55. The Kier molecular flexibility index (Phi) is 2.92. The Morgan fingerprint density at radius 1 is 0.650 bits per heavy atom. The second kappa shape index (κ2) is 4.78. The predicted octanol–water partition coefficient (Wildman–Crippen LogP) is 2.54. The molecule has 0 amide bonds. The van der Waals surface area contributed by atoms with E-state index in [-0.39, 0.29) is 0 Å². The summed E-state index contributed by atoms with van der Waals surface area (Å²) in [4.78, 5) is 0. The quantitative estimate of drug-likeness (QED) is 0.839. The van der Waals surface area contributed by atoms with E-state index in [0.29, 0.717) is 0 Å². The minimum atomic E-state index is -0.503. The molecule has 2 fully saturated rings. The average molecular weight is 262 g/mol. The molecule has 2 aromatic rings. The summed E-state index contributed by atoms with van der Waals surface area (Å²) in [5, 5.41) is 10.5. The van der Waals surface area contributed by atoms with Gasteiger partial charge in [-0.05, 0) is 59.6 Å². The third-order valence-electron chi connectivity index (χ3n) is 4.60. The van der Waals surface area contributed by atoms with Crippen LogP contribution in [0.3, 0.4) is 0 Å². The highest BCUT2D eigenvalue weighted by atomic mass is 16.2. The van der Waals surface area contributed by atoms with Crippen molar-refractivity contribution in [3.8, 4) is 0 Å². The van der Waals surface area contributed by atoms with E-state index < -0.39 is 6.92 Å². The van der Waals surface area contributed by atoms with Gasteiger partial charge in [0.1, 0.15) is 0 Å². The first kappa shape index (κ1) is 12.2. The first-order chi connectivity index (χ1) is 9.81. The van der Waals surface area contributed by atoms with Crippen LogP contribution in [0.2, 0.25) is 0 Å². The standard InChI is InChI=1S/C18H19BO/c20-19(17-9-5-15(6-10-17)13-1-2-13)18-11-7-16(8-12-18)14-3-4-14/h5-14,20H,1-4H2. The Labute approximate surface area is 120 Å². The fourth-order valence-corrected chi connectivity index (χ4v) is 2.93. The van der Waals surface area contributed by atoms with Crippen molar-refractivity contribution in [2.24, 2.45) is 0 Å². The lowest BCUT2D eigenvalue weighted by atomic mass is 9.56. The molecule has 0 unspecified atom stereocenters. The van der Waals surface area contributed by atoms with Crippen LogP contribution in [0.1, 0.15) is 48.6 Å². The fourth-order valence-electron chi connectivity index (χ4n) is 2.93. The van der Waals surface area contributed by atoms with Crippen LogP contribution in [0.4, 0.5) is 0 Å². The van der Waals surface area contributed by atoms with Gasteiger partial charge in [0.05, 0.1) is 0 Å². The first-order valence-corrected chi connectivity index (χ1v) is 7.69. The van der Waals surface area contributed by atoms with E-state index in [4.69, 9.17) is 0 Å². The molecule has 0 bridgehead atoms. The minimum absolute atomic E-state index is 0.503. The monoisotopic (exact) mass is 262 g/mol. The summed E-state index contributed by atoms with van der Waals surface area (Å²) in [6.07, 6.45) is 5.30. The molecule has 2 saturated carbocycles. The summed E-state index contributed by atoms with van der Waals surface area (Å²) < 4.78 is 0. The smallest absolute Gasteiger partial charge is 0.358 e. The normalized spacial score (nSPS) is 18.1. The van der Waals surface area contributed by atoms with Gasteiger partial charge >= 0.3 is 6.92 Å². The summed E-state index contributed by atoms with van der Waals surface area (Å²) in [6.45, 7) is -0.503. The van der Waals surface area contributed by atoms with Gasteiger partial charge in [-0.3, -0.25) is 0 Å². The van der Waals surface area contributed by atoms with Gasteiger partial charge in [0, 0.05) is 0 Å². The van der Waals surface area contributed by atoms with Crippen LogP contribution in [0.15, 0.2) is 48.5 Å². The Morgan fingerprint density at radius 2 is 1.00 bits per heavy atom. The number of rotatable bonds is 4. The summed E-state index contributed by atoms with van der Waals surface area (Å²) in [6, 6.07) is 17.0. The van der Waals surface area contributed by atoms with E-state index in [9.17, 15) is 5.02 Å². The van der Waals surface area contributed by atoms with Crippen molar-refractivity contribution >= 4 is 17.8 Å². The molecule has 1 N–H and O–H groups in total. The number of benzene rings is 2. The van der Waals surface area contributed by atoms with Crippen LogP contribution in [-0.4, -0.2) is 11.9 Å². The van der Waals surface area contributed by atoms with Crippen molar-refractivity contribution in [3.05, 3.63) is 59.7 Å². The van der Waals surface area contributed by atoms with Crippen molar-refractivity contribution in [1.82, 2.24) is 0 Å². The van der Waals surface area contributed by atoms with Gasteiger partial charge in [0.15, 0.2) is 0 Å². The summed E-state index contributed by atoms with van der Waals surface area (Å²) >= 11 is 0. The van der Waals surface area contributed by atoms with Crippen molar-refractivity contribution in [2.75, 3.05) is 0 Å². The van der Waals surface area contributed by atoms with Crippen LogP contribution in [0.25, 0.3) is 0 Å². The molecule has 0 spiro atoms. The molecule has 0 atom stereocenters. The maximum Gasteiger partial charge on any atom is 0.358 e. The van der Waals surface area contributed by atoms with E-state index in [1.165, 1.54) is 36.8 Å². The molecule has 100 valence electrons. The third kappa shape index (κ3) is 2.40. The zero-order valence-corrected chi connectivity index (χ0v) is 11.6. The highest BCUT2D eigenvalue weighted by molar-refractivity contribution is 6.78. The molecular weight excluding hydrogens is 243 g/mol. The van der Waals surface area contributed by atoms with Gasteiger partial charge < -0.3 is 5.02 Å². The van der Waals surface area contributed by atoms with Crippen molar-refractivity contribution in [2.45, 2.75) is 37.5 Å².